The average Bonchev–Trinajstić information content (AvgIpc) is 2.40. The molecule has 1 aliphatic heterocycles. The molecule has 1 aromatic carbocycles. The van der Waals surface area contributed by atoms with Crippen LogP contribution in [0.15, 0.2) is 24.3 Å². The van der Waals surface area contributed by atoms with Crippen LogP contribution in [-0.2, 0) is 14.8 Å². The summed E-state index contributed by atoms with van der Waals surface area (Å²) in [5, 5.41) is 3.43. The summed E-state index contributed by atoms with van der Waals surface area (Å²) >= 11 is 0. The van der Waals surface area contributed by atoms with E-state index < -0.39 is 10.0 Å². The number of hydrogen-bond acceptors (Lipinski definition) is 4. The molecule has 0 bridgehead atoms. The highest BCUT2D eigenvalue weighted by molar-refractivity contribution is 7.92. The smallest absolute Gasteiger partial charge is 0.229 e. The van der Waals surface area contributed by atoms with Crippen molar-refractivity contribution in [3.8, 4) is 0 Å². The minimum Gasteiger partial charge on any atom is -0.380 e. The van der Waals surface area contributed by atoms with Gasteiger partial charge in [-0.2, -0.15) is 0 Å². The number of ether oxygens (including phenoxy) is 1. The standard InChI is InChI=1S/C14H22N2O3S/c1-3-12-10-11(8-9-19-12)15-13-6-4-5-7-14(13)16-20(2,17)18/h4-7,11-12,15-16H,3,8-10H2,1-2H3. The molecule has 0 radical (unpaired) electrons. The topological polar surface area (TPSA) is 67.4 Å². The first-order valence-corrected chi connectivity index (χ1v) is 8.82. The molecule has 0 aromatic heterocycles. The number of rotatable bonds is 5. The van der Waals surface area contributed by atoms with Crippen LogP contribution >= 0.6 is 0 Å². The summed E-state index contributed by atoms with van der Waals surface area (Å²) in [6.45, 7) is 2.87. The maximum absolute atomic E-state index is 11.4. The fraction of sp³-hybridized carbons (Fsp3) is 0.571. The predicted molar refractivity (Wildman–Crippen MR) is 81.6 cm³/mol. The van der Waals surface area contributed by atoms with E-state index in [0.717, 1.165) is 37.8 Å². The van der Waals surface area contributed by atoms with Gasteiger partial charge in [-0.3, -0.25) is 4.72 Å². The second-order valence-electron chi connectivity index (χ2n) is 5.19. The van der Waals surface area contributed by atoms with E-state index in [9.17, 15) is 8.42 Å². The maximum Gasteiger partial charge on any atom is 0.229 e. The molecule has 20 heavy (non-hydrogen) atoms. The number of benzene rings is 1. The molecule has 5 nitrogen and oxygen atoms in total. The van der Waals surface area contributed by atoms with Gasteiger partial charge in [-0.25, -0.2) is 8.42 Å². The first kappa shape index (κ1) is 15.1. The van der Waals surface area contributed by atoms with E-state index in [4.69, 9.17) is 4.74 Å². The summed E-state index contributed by atoms with van der Waals surface area (Å²) in [4.78, 5) is 0. The Hall–Kier alpha value is -1.27. The largest absolute Gasteiger partial charge is 0.380 e. The van der Waals surface area contributed by atoms with Gasteiger partial charge in [-0.15, -0.1) is 0 Å². The van der Waals surface area contributed by atoms with Crippen molar-refractivity contribution < 1.29 is 13.2 Å². The van der Waals surface area contributed by atoms with E-state index in [1.807, 2.05) is 18.2 Å². The van der Waals surface area contributed by atoms with E-state index in [-0.39, 0.29) is 6.10 Å². The first-order valence-electron chi connectivity index (χ1n) is 6.93. The zero-order valence-corrected chi connectivity index (χ0v) is 12.7. The van der Waals surface area contributed by atoms with Gasteiger partial charge < -0.3 is 10.1 Å². The van der Waals surface area contributed by atoms with Crippen molar-refractivity contribution in [1.29, 1.82) is 0 Å². The molecule has 0 aliphatic carbocycles. The van der Waals surface area contributed by atoms with Crippen molar-refractivity contribution in [2.75, 3.05) is 22.9 Å². The van der Waals surface area contributed by atoms with Crippen LogP contribution < -0.4 is 10.0 Å². The quantitative estimate of drug-likeness (QED) is 0.876. The van der Waals surface area contributed by atoms with Gasteiger partial charge in [0.2, 0.25) is 10.0 Å². The van der Waals surface area contributed by atoms with Crippen LogP contribution in [-0.4, -0.2) is 33.4 Å². The Morgan fingerprint density at radius 1 is 1.30 bits per heavy atom. The van der Waals surface area contributed by atoms with Gasteiger partial charge in [-0.1, -0.05) is 19.1 Å². The molecule has 2 rings (SSSR count). The Bertz CT molecular complexity index is 545. The highest BCUT2D eigenvalue weighted by Crippen LogP contribution is 2.26. The van der Waals surface area contributed by atoms with Crippen molar-refractivity contribution in [2.24, 2.45) is 0 Å². The number of hydrogen-bond donors (Lipinski definition) is 2. The minimum absolute atomic E-state index is 0.288. The molecular weight excluding hydrogens is 276 g/mol. The Balaban J connectivity index is 2.09. The zero-order chi connectivity index (χ0) is 14.6. The van der Waals surface area contributed by atoms with Crippen LogP contribution in [0.5, 0.6) is 0 Å². The maximum atomic E-state index is 11.4. The van der Waals surface area contributed by atoms with Gasteiger partial charge in [0.25, 0.3) is 0 Å². The van der Waals surface area contributed by atoms with Gasteiger partial charge >= 0.3 is 0 Å². The molecule has 1 aromatic rings. The number of anilines is 2. The summed E-state index contributed by atoms with van der Waals surface area (Å²) in [7, 11) is -3.27. The van der Waals surface area contributed by atoms with E-state index in [0.29, 0.717) is 11.7 Å². The lowest BCUT2D eigenvalue weighted by Gasteiger charge is -2.30. The number of sulfonamides is 1. The number of nitrogens with one attached hydrogen (secondary N) is 2. The van der Waals surface area contributed by atoms with Gasteiger partial charge in [0.05, 0.1) is 23.7 Å². The van der Waals surface area contributed by atoms with Crippen LogP contribution in [0, 0.1) is 0 Å². The molecule has 0 spiro atoms. The Kier molecular flexibility index (Phi) is 4.88. The molecule has 1 fully saturated rings. The molecule has 0 amide bonds. The molecule has 2 unspecified atom stereocenters. The predicted octanol–water partition coefficient (Wildman–Crippen LogP) is 2.43. The van der Waals surface area contributed by atoms with E-state index in [2.05, 4.69) is 17.0 Å². The molecule has 0 saturated carbocycles. The molecule has 112 valence electrons. The van der Waals surface area contributed by atoms with Crippen LogP contribution in [0.1, 0.15) is 26.2 Å². The summed E-state index contributed by atoms with van der Waals surface area (Å²) in [5.41, 5.74) is 1.41. The molecule has 2 N–H and O–H groups in total. The lowest BCUT2D eigenvalue weighted by Crippen LogP contribution is -2.33. The third-order valence-electron chi connectivity index (χ3n) is 3.40. The van der Waals surface area contributed by atoms with Crippen molar-refractivity contribution in [2.45, 2.75) is 38.3 Å². The Morgan fingerprint density at radius 2 is 2.00 bits per heavy atom. The molecule has 1 heterocycles. The van der Waals surface area contributed by atoms with Crippen LogP contribution in [0.25, 0.3) is 0 Å². The highest BCUT2D eigenvalue weighted by Gasteiger charge is 2.21. The lowest BCUT2D eigenvalue weighted by molar-refractivity contribution is 0.00926. The third kappa shape index (κ3) is 4.38. The second-order valence-corrected chi connectivity index (χ2v) is 6.93. The van der Waals surface area contributed by atoms with E-state index in [1.54, 1.807) is 6.07 Å². The summed E-state index contributed by atoms with van der Waals surface area (Å²) in [6, 6.07) is 7.68. The third-order valence-corrected chi connectivity index (χ3v) is 4.00. The van der Waals surface area contributed by atoms with Gasteiger partial charge in [0, 0.05) is 12.6 Å². The molecule has 1 saturated heterocycles. The fourth-order valence-corrected chi connectivity index (χ4v) is 2.99. The van der Waals surface area contributed by atoms with E-state index >= 15 is 0 Å². The normalized spacial score (nSPS) is 23.3. The van der Waals surface area contributed by atoms with Crippen molar-refractivity contribution in [3.05, 3.63) is 24.3 Å². The van der Waals surface area contributed by atoms with Crippen molar-refractivity contribution >= 4 is 21.4 Å². The summed E-state index contributed by atoms with van der Waals surface area (Å²) < 4.78 is 31.0. The van der Waals surface area contributed by atoms with Crippen LogP contribution in [0.2, 0.25) is 0 Å². The van der Waals surface area contributed by atoms with Crippen molar-refractivity contribution in [3.63, 3.8) is 0 Å². The monoisotopic (exact) mass is 298 g/mol. The molecule has 1 aliphatic rings. The molecule has 6 heteroatoms. The molecule has 2 atom stereocenters. The van der Waals surface area contributed by atoms with E-state index in [1.165, 1.54) is 0 Å². The Labute approximate surface area is 120 Å². The minimum atomic E-state index is -3.27. The Morgan fingerprint density at radius 3 is 2.65 bits per heavy atom. The highest BCUT2D eigenvalue weighted by atomic mass is 32.2. The second kappa shape index (κ2) is 6.45. The van der Waals surface area contributed by atoms with Crippen LogP contribution in [0.3, 0.4) is 0 Å². The van der Waals surface area contributed by atoms with Gasteiger partial charge in [0.15, 0.2) is 0 Å². The molecular formula is C14H22N2O3S. The van der Waals surface area contributed by atoms with Crippen LogP contribution in [0.4, 0.5) is 11.4 Å². The first-order chi connectivity index (χ1) is 9.48. The zero-order valence-electron chi connectivity index (χ0n) is 11.9. The SMILES string of the molecule is CCC1CC(Nc2ccccc2NS(C)(=O)=O)CCO1. The fourth-order valence-electron chi connectivity index (χ4n) is 2.41. The van der Waals surface area contributed by atoms with Crippen molar-refractivity contribution in [1.82, 2.24) is 0 Å². The summed E-state index contributed by atoms with van der Waals surface area (Å²) in [5.74, 6) is 0. The van der Waals surface area contributed by atoms with Gasteiger partial charge in [-0.05, 0) is 31.4 Å². The lowest BCUT2D eigenvalue weighted by atomic mass is 10.0. The van der Waals surface area contributed by atoms with Gasteiger partial charge in [0.1, 0.15) is 0 Å². The summed E-state index contributed by atoms with van der Waals surface area (Å²) in [6.07, 6.45) is 4.33. The number of para-hydroxylation sites is 2. The average molecular weight is 298 g/mol.